The summed E-state index contributed by atoms with van der Waals surface area (Å²) in [6, 6.07) is 14.1. The van der Waals surface area contributed by atoms with Crippen LogP contribution < -0.4 is 10.3 Å². The van der Waals surface area contributed by atoms with Gasteiger partial charge in [-0.25, -0.2) is 10.1 Å². The van der Waals surface area contributed by atoms with Gasteiger partial charge in [0.05, 0.1) is 23.2 Å². The molecule has 0 saturated heterocycles. The Balaban J connectivity index is 1.32. The van der Waals surface area contributed by atoms with Crippen LogP contribution in [0.2, 0.25) is 5.02 Å². The summed E-state index contributed by atoms with van der Waals surface area (Å²) in [5, 5.41) is 10.8. The second kappa shape index (κ2) is 9.06. The minimum absolute atomic E-state index is 0.0477. The number of ether oxygens (including phenoxy) is 2. The minimum atomic E-state index is -0.452. The number of rotatable bonds is 7. The Bertz CT molecular complexity index is 1240. The summed E-state index contributed by atoms with van der Waals surface area (Å²) in [6.45, 7) is 0.366. The van der Waals surface area contributed by atoms with Crippen molar-refractivity contribution in [1.82, 2.24) is 15.2 Å². The van der Waals surface area contributed by atoms with E-state index in [9.17, 15) is 9.59 Å². The number of aromatic nitrogens is 3. The highest BCUT2D eigenvalue weighted by Gasteiger charge is 2.13. The number of nitrogens with one attached hydrogen (secondary N) is 1. The molecular weight excluding hydrogens is 426 g/mol. The Morgan fingerprint density at radius 3 is 2.63 bits per heavy atom. The van der Waals surface area contributed by atoms with Crippen LogP contribution >= 0.6 is 22.9 Å². The molecule has 0 aliphatic heterocycles. The Labute approximate surface area is 180 Å². The van der Waals surface area contributed by atoms with Gasteiger partial charge in [-0.05, 0) is 30.3 Å². The summed E-state index contributed by atoms with van der Waals surface area (Å²) in [7, 11) is 0. The van der Waals surface area contributed by atoms with Crippen LogP contribution in [0.3, 0.4) is 0 Å². The molecule has 0 spiro atoms. The first-order chi connectivity index (χ1) is 14.6. The predicted molar refractivity (Wildman–Crippen MR) is 114 cm³/mol. The van der Waals surface area contributed by atoms with Crippen molar-refractivity contribution in [2.75, 3.05) is 0 Å². The molecule has 2 heterocycles. The van der Waals surface area contributed by atoms with Gasteiger partial charge in [-0.2, -0.15) is 5.10 Å². The molecule has 0 saturated carbocycles. The van der Waals surface area contributed by atoms with E-state index in [1.165, 1.54) is 11.3 Å². The molecule has 4 rings (SSSR count). The van der Waals surface area contributed by atoms with Gasteiger partial charge < -0.3 is 9.47 Å². The van der Waals surface area contributed by atoms with Gasteiger partial charge in [0.2, 0.25) is 0 Å². The topological polar surface area (TPSA) is 94.2 Å². The molecule has 0 bridgehead atoms. The summed E-state index contributed by atoms with van der Waals surface area (Å²) in [6.07, 6.45) is -0.0477. The Kier molecular flexibility index (Phi) is 6.06. The molecule has 2 aromatic heterocycles. The molecule has 0 fully saturated rings. The number of benzene rings is 2. The predicted octanol–water partition coefficient (Wildman–Crippen LogP) is 3.90. The molecule has 4 aromatic rings. The number of aromatic amines is 1. The van der Waals surface area contributed by atoms with Crippen LogP contribution in [0.15, 0.2) is 58.7 Å². The van der Waals surface area contributed by atoms with Gasteiger partial charge in [-0.3, -0.25) is 9.59 Å². The summed E-state index contributed by atoms with van der Waals surface area (Å²) in [4.78, 5) is 28.5. The maximum atomic E-state index is 12.2. The van der Waals surface area contributed by atoms with E-state index < -0.39 is 5.97 Å². The van der Waals surface area contributed by atoms with Crippen molar-refractivity contribution in [2.24, 2.45) is 0 Å². The molecule has 9 heteroatoms. The molecule has 7 nitrogen and oxygen atoms in total. The first kappa shape index (κ1) is 20.1. The lowest BCUT2D eigenvalue weighted by molar-refractivity contribution is -0.144. The highest BCUT2D eigenvalue weighted by molar-refractivity contribution is 7.09. The van der Waals surface area contributed by atoms with E-state index in [2.05, 4.69) is 15.2 Å². The SMILES string of the molecule is O=C(Cc1n[nH]c(=O)c2ccccc12)OCc1csc(COc2ccc(Cl)cc2)n1. The molecule has 1 N–H and O–H groups in total. The molecule has 0 atom stereocenters. The van der Waals surface area contributed by atoms with E-state index in [1.807, 2.05) is 5.38 Å². The van der Waals surface area contributed by atoms with Crippen LogP contribution in [0.1, 0.15) is 16.4 Å². The molecular formula is C21H16ClN3O4S. The largest absolute Gasteiger partial charge is 0.486 e. The minimum Gasteiger partial charge on any atom is -0.486 e. The van der Waals surface area contributed by atoms with Gasteiger partial charge >= 0.3 is 5.97 Å². The van der Waals surface area contributed by atoms with Crippen LogP contribution in [0.4, 0.5) is 0 Å². The Morgan fingerprint density at radius 2 is 1.83 bits per heavy atom. The highest BCUT2D eigenvalue weighted by atomic mass is 35.5. The van der Waals surface area contributed by atoms with Crippen molar-refractivity contribution in [3.05, 3.63) is 85.7 Å². The fourth-order valence-electron chi connectivity index (χ4n) is 2.81. The quantitative estimate of drug-likeness (QED) is 0.437. The third-order valence-electron chi connectivity index (χ3n) is 4.24. The molecule has 0 amide bonds. The molecule has 30 heavy (non-hydrogen) atoms. The van der Waals surface area contributed by atoms with Crippen molar-refractivity contribution in [2.45, 2.75) is 19.6 Å². The lowest BCUT2D eigenvalue weighted by Gasteiger charge is -2.05. The van der Waals surface area contributed by atoms with Gasteiger partial charge in [0.1, 0.15) is 24.0 Å². The van der Waals surface area contributed by atoms with Crippen molar-refractivity contribution in [3.8, 4) is 5.75 Å². The monoisotopic (exact) mass is 441 g/mol. The number of halogens is 1. The lowest BCUT2D eigenvalue weighted by atomic mass is 10.1. The smallest absolute Gasteiger partial charge is 0.312 e. The van der Waals surface area contributed by atoms with Crippen molar-refractivity contribution < 1.29 is 14.3 Å². The van der Waals surface area contributed by atoms with Crippen LogP contribution in [-0.4, -0.2) is 21.2 Å². The first-order valence-corrected chi connectivity index (χ1v) is 10.3. The van der Waals surface area contributed by atoms with E-state index in [0.717, 1.165) is 5.01 Å². The van der Waals surface area contributed by atoms with Crippen molar-refractivity contribution in [3.63, 3.8) is 0 Å². The number of esters is 1. The van der Waals surface area contributed by atoms with Gasteiger partial charge in [-0.15, -0.1) is 11.3 Å². The van der Waals surface area contributed by atoms with Crippen LogP contribution in [0.5, 0.6) is 5.75 Å². The van der Waals surface area contributed by atoms with E-state index in [1.54, 1.807) is 48.5 Å². The maximum absolute atomic E-state index is 12.2. The average Bonchev–Trinajstić information content (AvgIpc) is 3.22. The van der Waals surface area contributed by atoms with Gasteiger partial charge in [-0.1, -0.05) is 29.8 Å². The summed E-state index contributed by atoms with van der Waals surface area (Å²) in [5.74, 6) is 0.245. The van der Waals surface area contributed by atoms with Gasteiger partial charge in [0, 0.05) is 15.8 Å². The fraction of sp³-hybridized carbons (Fsp3) is 0.143. The standard InChI is InChI=1S/C21H16ClN3O4S/c22-13-5-7-15(8-6-13)28-11-19-23-14(12-30-19)10-29-20(26)9-18-16-3-1-2-4-17(16)21(27)25-24-18/h1-8,12H,9-11H2,(H,25,27). The second-order valence-corrected chi connectivity index (χ2v) is 7.74. The summed E-state index contributed by atoms with van der Waals surface area (Å²) < 4.78 is 11.0. The van der Waals surface area contributed by atoms with Crippen LogP contribution in [-0.2, 0) is 29.2 Å². The van der Waals surface area contributed by atoms with E-state index in [4.69, 9.17) is 21.1 Å². The third-order valence-corrected chi connectivity index (χ3v) is 5.37. The lowest BCUT2D eigenvalue weighted by Crippen LogP contribution is -2.15. The zero-order valence-corrected chi connectivity index (χ0v) is 17.2. The zero-order valence-electron chi connectivity index (χ0n) is 15.6. The van der Waals surface area contributed by atoms with Crippen LogP contribution in [0.25, 0.3) is 10.8 Å². The number of hydrogen-bond acceptors (Lipinski definition) is 7. The molecule has 0 radical (unpaired) electrons. The fourth-order valence-corrected chi connectivity index (χ4v) is 3.62. The van der Waals surface area contributed by atoms with E-state index in [-0.39, 0.29) is 18.6 Å². The number of thiazole rings is 1. The van der Waals surface area contributed by atoms with Crippen LogP contribution in [0, 0.1) is 0 Å². The summed E-state index contributed by atoms with van der Waals surface area (Å²) >= 11 is 7.28. The number of hydrogen-bond donors (Lipinski definition) is 1. The molecule has 0 aliphatic carbocycles. The Hall–Kier alpha value is -3.23. The Morgan fingerprint density at radius 1 is 1.07 bits per heavy atom. The number of nitrogens with zero attached hydrogens (tertiary/aromatic N) is 2. The first-order valence-electron chi connectivity index (χ1n) is 9.02. The van der Waals surface area contributed by atoms with Gasteiger partial charge in [0.15, 0.2) is 0 Å². The number of fused-ring (bicyclic) bond motifs is 1. The van der Waals surface area contributed by atoms with E-state index in [0.29, 0.717) is 39.5 Å². The third kappa shape index (κ3) is 4.84. The molecule has 152 valence electrons. The van der Waals surface area contributed by atoms with Gasteiger partial charge in [0.25, 0.3) is 5.56 Å². The van der Waals surface area contributed by atoms with Crippen molar-refractivity contribution in [1.29, 1.82) is 0 Å². The maximum Gasteiger partial charge on any atom is 0.312 e. The van der Waals surface area contributed by atoms with E-state index >= 15 is 0 Å². The molecule has 0 aliphatic rings. The zero-order chi connectivity index (χ0) is 20.9. The summed E-state index contributed by atoms with van der Waals surface area (Å²) in [5.41, 5.74) is 0.811. The normalized spacial score (nSPS) is 10.8. The molecule has 2 aromatic carbocycles. The average molecular weight is 442 g/mol. The van der Waals surface area contributed by atoms with Crippen molar-refractivity contribution >= 4 is 39.7 Å². The highest BCUT2D eigenvalue weighted by Crippen LogP contribution is 2.19. The number of carbonyl (C=O) groups excluding carboxylic acids is 1. The molecule has 0 unspecified atom stereocenters. The number of H-pyrrole nitrogens is 1. The number of carbonyl (C=O) groups is 1. The second-order valence-electron chi connectivity index (χ2n) is 6.36.